The normalized spacial score (nSPS) is 42.9. The molecule has 0 N–H and O–H groups in total. The van der Waals surface area contributed by atoms with E-state index in [1.165, 1.54) is 6.92 Å². The molecule has 0 aromatic heterocycles. The molecule has 0 aliphatic carbocycles. The molecule has 49 heavy (non-hydrogen) atoms. The summed E-state index contributed by atoms with van der Waals surface area (Å²) in [7, 11) is 3.92. The lowest BCUT2D eigenvalue weighted by molar-refractivity contribution is -0.294. The second kappa shape index (κ2) is 18.6. The van der Waals surface area contributed by atoms with Crippen LogP contribution in [-0.2, 0) is 42.8 Å². The molecule has 0 amide bonds. The van der Waals surface area contributed by atoms with E-state index in [1.807, 2.05) is 66.6 Å². The van der Waals surface area contributed by atoms with Crippen LogP contribution in [0.4, 0.5) is 0 Å². The van der Waals surface area contributed by atoms with Crippen LogP contribution in [0.25, 0.3) is 0 Å². The van der Waals surface area contributed by atoms with Gasteiger partial charge in [0.15, 0.2) is 24.5 Å². The largest absolute Gasteiger partial charge is 0.461 e. The first kappa shape index (κ1) is 41.6. The van der Waals surface area contributed by atoms with Crippen LogP contribution in [0.3, 0.4) is 0 Å². The molecule has 2 fully saturated rings. The van der Waals surface area contributed by atoms with Gasteiger partial charge >= 0.3 is 11.9 Å². The molecular weight excluding hydrogens is 626 g/mol. The van der Waals surface area contributed by atoms with Crippen molar-refractivity contribution in [2.75, 3.05) is 14.1 Å². The van der Waals surface area contributed by atoms with Crippen molar-refractivity contribution in [3.63, 3.8) is 0 Å². The zero-order valence-electron chi connectivity index (χ0n) is 32.6. The first-order chi connectivity index (χ1) is 22.9. The molecule has 0 bridgehead atoms. The molecule has 10 nitrogen and oxygen atoms in total. The van der Waals surface area contributed by atoms with E-state index in [9.17, 15) is 14.4 Å². The average molecular weight is 694 g/mol. The third kappa shape index (κ3) is 11.3. The van der Waals surface area contributed by atoms with Crippen molar-refractivity contribution in [2.45, 2.75) is 170 Å². The zero-order chi connectivity index (χ0) is 36.7. The summed E-state index contributed by atoms with van der Waals surface area (Å²) in [4.78, 5) is 42.3. The number of allylic oxidation sites excluding steroid dienone is 1. The Balaban J connectivity index is 2.12. The van der Waals surface area contributed by atoms with E-state index in [0.717, 1.165) is 12.8 Å². The topological polar surface area (TPSA) is 110 Å². The standard InChI is InChI=1S/C39H67NO9/c1-14-15-32-22(3)18-23(4)34(42)24(5)19-25(6)35(49-39-37(46-30(11)41)31(40(12)13)20-27(8)45-39)28(9)36(29(10)38(43)47-32)48-33-17-21(2)16-26(7)44-33/h18,21-22,24-29,31-33,35-37,39H,14-17,19-20H2,1-13H3/b23-18+/t21?,22-,24-,25+,26?,27-,28-,29-,31?,32-,33+,35+,36+,37?,39+/m1/s1. The lowest BCUT2D eigenvalue weighted by Gasteiger charge is -2.46. The lowest BCUT2D eigenvalue weighted by atomic mass is 9.79. The van der Waals surface area contributed by atoms with Gasteiger partial charge in [-0.25, -0.2) is 0 Å². The fourth-order valence-electron chi connectivity index (χ4n) is 8.27. The molecule has 3 rings (SSSR count). The smallest absolute Gasteiger partial charge is 0.311 e. The summed E-state index contributed by atoms with van der Waals surface area (Å²) >= 11 is 0. The van der Waals surface area contributed by atoms with Crippen molar-refractivity contribution in [1.82, 2.24) is 4.90 Å². The molecule has 15 atom stereocenters. The molecule has 0 radical (unpaired) electrons. The molecule has 3 heterocycles. The number of rotatable bonds is 8. The van der Waals surface area contributed by atoms with Gasteiger partial charge < -0.3 is 33.3 Å². The maximum Gasteiger partial charge on any atom is 0.311 e. The SMILES string of the molecule is CCC[C@H]1OC(=O)[C@H](C)[C@@H](O[C@H]2CC(C)CC(C)O2)[C@H](C)[C@@H](O[C@@H]2O[C@H](C)CC(N(C)C)C2OC(C)=O)[C@@H](C)C[C@@H](C)C(=O)/C(C)=C/[C@H]1C. The minimum Gasteiger partial charge on any atom is -0.461 e. The summed E-state index contributed by atoms with van der Waals surface area (Å²) in [5.41, 5.74) is 0.673. The molecule has 0 aromatic carbocycles. The van der Waals surface area contributed by atoms with E-state index in [1.54, 1.807) is 0 Å². The fraction of sp³-hybridized carbons (Fsp3) is 0.872. The lowest BCUT2D eigenvalue weighted by Crippen LogP contribution is -2.58. The first-order valence-corrected chi connectivity index (χ1v) is 18.8. The average Bonchev–Trinajstić information content (AvgIpc) is 3.00. The third-order valence-electron chi connectivity index (χ3n) is 10.8. The van der Waals surface area contributed by atoms with Crippen LogP contribution in [0, 0.1) is 35.5 Å². The van der Waals surface area contributed by atoms with Crippen LogP contribution in [0.15, 0.2) is 11.6 Å². The Kier molecular flexibility index (Phi) is 15.8. The number of ether oxygens (including phenoxy) is 6. The molecule has 3 aliphatic heterocycles. The van der Waals surface area contributed by atoms with Crippen molar-refractivity contribution in [2.24, 2.45) is 35.5 Å². The maximum atomic E-state index is 14.1. The molecular formula is C39H67NO9. The van der Waals surface area contributed by atoms with Gasteiger partial charge in [-0.3, -0.25) is 14.4 Å². The zero-order valence-corrected chi connectivity index (χ0v) is 32.6. The number of esters is 2. The highest BCUT2D eigenvalue weighted by atomic mass is 16.7. The Bertz CT molecular complexity index is 1120. The minimum atomic E-state index is -0.870. The van der Waals surface area contributed by atoms with Gasteiger partial charge in [-0.05, 0) is 84.9 Å². The molecule has 10 heteroatoms. The van der Waals surface area contributed by atoms with Gasteiger partial charge in [0.25, 0.3) is 0 Å². The summed E-state index contributed by atoms with van der Waals surface area (Å²) in [5.74, 6) is -1.87. The van der Waals surface area contributed by atoms with Crippen LogP contribution in [0.1, 0.15) is 115 Å². The highest BCUT2D eigenvalue weighted by molar-refractivity contribution is 5.96. The molecule has 282 valence electrons. The minimum absolute atomic E-state index is 0.0250. The van der Waals surface area contributed by atoms with Gasteiger partial charge in [0.2, 0.25) is 0 Å². The molecule has 4 unspecified atom stereocenters. The number of hydrogen-bond donors (Lipinski definition) is 0. The first-order valence-electron chi connectivity index (χ1n) is 18.8. The van der Waals surface area contributed by atoms with E-state index in [2.05, 4.69) is 27.7 Å². The number of nitrogens with zero attached hydrogens (tertiary/aromatic N) is 1. The Morgan fingerprint density at radius 2 is 1.53 bits per heavy atom. The fourth-order valence-corrected chi connectivity index (χ4v) is 8.27. The van der Waals surface area contributed by atoms with Crippen LogP contribution in [-0.4, -0.2) is 92.0 Å². The van der Waals surface area contributed by atoms with Gasteiger partial charge in [0, 0.05) is 31.1 Å². The Hall–Kier alpha value is -1.85. The van der Waals surface area contributed by atoms with E-state index < -0.39 is 42.8 Å². The quantitative estimate of drug-likeness (QED) is 0.254. The molecule has 0 aromatic rings. The van der Waals surface area contributed by atoms with Gasteiger partial charge in [0.1, 0.15) is 6.10 Å². The predicted molar refractivity (Wildman–Crippen MR) is 188 cm³/mol. The van der Waals surface area contributed by atoms with Crippen molar-refractivity contribution in [1.29, 1.82) is 0 Å². The molecule has 2 saturated heterocycles. The van der Waals surface area contributed by atoms with Crippen LogP contribution in [0.5, 0.6) is 0 Å². The number of ketones is 1. The van der Waals surface area contributed by atoms with Gasteiger partial charge in [-0.2, -0.15) is 0 Å². The summed E-state index contributed by atoms with van der Waals surface area (Å²) < 4.78 is 38.7. The maximum absolute atomic E-state index is 14.1. The summed E-state index contributed by atoms with van der Waals surface area (Å²) in [6.45, 7) is 21.5. The van der Waals surface area contributed by atoms with Crippen LogP contribution >= 0.6 is 0 Å². The Labute approximate surface area is 296 Å². The number of Topliss-reactive ketones (excluding diaryl/α,β-unsaturated/α-hetero) is 1. The monoisotopic (exact) mass is 693 g/mol. The Morgan fingerprint density at radius 1 is 0.878 bits per heavy atom. The van der Waals surface area contributed by atoms with Crippen LogP contribution < -0.4 is 0 Å². The van der Waals surface area contributed by atoms with Crippen LogP contribution in [0.2, 0.25) is 0 Å². The second-order valence-electron chi connectivity index (χ2n) is 15.9. The van der Waals surface area contributed by atoms with Crippen molar-refractivity contribution in [3.05, 3.63) is 11.6 Å². The van der Waals surface area contributed by atoms with Crippen molar-refractivity contribution >= 4 is 17.7 Å². The molecule has 0 spiro atoms. The number of likely N-dealkylation sites (N-methyl/N-ethyl adjacent to an activating group) is 1. The summed E-state index contributed by atoms with van der Waals surface area (Å²) in [6.07, 6.45) is 2.61. The molecule has 3 aliphatic rings. The number of hydrogen-bond acceptors (Lipinski definition) is 10. The van der Waals surface area contributed by atoms with Gasteiger partial charge in [-0.15, -0.1) is 0 Å². The summed E-state index contributed by atoms with van der Waals surface area (Å²) in [5, 5.41) is 0. The van der Waals surface area contributed by atoms with E-state index in [4.69, 9.17) is 28.4 Å². The highest BCUT2D eigenvalue weighted by Gasteiger charge is 2.47. The Morgan fingerprint density at radius 3 is 2.12 bits per heavy atom. The summed E-state index contributed by atoms with van der Waals surface area (Å²) in [6, 6.07) is -0.132. The third-order valence-corrected chi connectivity index (χ3v) is 10.8. The van der Waals surface area contributed by atoms with E-state index >= 15 is 0 Å². The van der Waals surface area contributed by atoms with Crippen molar-refractivity contribution < 1.29 is 42.8 Å². The number of cyclic esters (lactones) is 1. The molecule has 0 saturated carbocycles. The van der Waals surface area contributed by atoms with E-state index in [-0.39, 0.29) is 59.8 Å². The number of carbonyl (C=O) groups excluding carboxylic acids is 3. The van der Waals surface area contributed by atoms with E-state index in [0.29, 0.717) is 37.2 Å². The predicted octanol–water partition coefficient (Wildman–Crippen LogP) is 6.73. The van der Waals surface area contributed by atoms with Gasteiger partial charge in [-0.1, -0.05) is 54.0 Å². The number of carbonyl (C=O) groups is 3. The highest BCUT2D eigenvalue weighted by Crippen LogP contribution is 2.38. The second-order valence-corrected chi connectivity index (χ2v) is 15.9. The van der Waals surface area contributed by atoms with Gasteiger partial charge in [0.05, 0.1) is 36.4 Å². The van der Waals surface area contributed by atoms with Crippen molar-refractivity contribution in [3.8, 4) is 0 Å².